The van der Waals surface area contributed by atoms with Crippen LogP contribution in [0.15, 0.2) is 36.4 Å². The third kappa shape index (κ3) is 3.23. The number of hydrogen-bond acceptors (Lipinski definition) is 2. The molecule has 3 nitrogen and oxygen atoms in total. The lowest BCUT2D eigenvalue weighted by molar-refractivity contribution is 0.102. The van der Waals surface area contributed by atoms with Gasteiger partial charge in [-0.05, 0) is 71.5 Å². The van der Waals surface area contributed by atoms with Crippen LogP contribution in [-0.2, 0) is 0 Å². The molecule has 0 atom stereocenters. The molecule has 0 saturated heterocycles. The number of carbonyl (C=O) groups is 1. The Morgan fingerprint density at radius 3 is 2.63 bits per heavy atom. The normalized spacial score (nSPS) is 10.3. The van der Waals surface area contributed by atoms with Crippen molar-refractivity contribution in [2.45, 2.75) is 6.92 Å². The van der Waals surface area contributed by atoms with Gasteiger partial charge in [-0.2, -0.15) is 0 Å². The third-order valence-corrected chi connectivity index (χ3v) is 3.56. The molecule has 2 rings (SSSR count). The maximum absolute atomic E-state index is 13.0. The van der Waals surface area contributed by atoms with Crippen LogP contribution >= 0.6 is 22.6 Å². The number of halogens is 2. The molecule has 0 saturated carbocycles. The van der Waals surface area contributed by atoms with Gasteiger partial charge in [-0.15, -0.1) is 0 Å². The average molecular weight is 371 g/mol. The number of amides is 1. The van der Waals surface area contributed by atoms with Crippen molar-refractivity contribution in [3.05, 3.63) is 56.9 Å². The Hall–Kier alpha value is -1.63. The predicted molar refractivity (Wildman–Crippen MR) is 79.9 cm³/mol. The number of rotatable bonds is 2. The highest BCUT2D eigenvalue weighted by molar-refractivity contribution is 14.1. The van der Waals surface area contributed by atoms with Gasteiger partial charge in [-0.25, -0.2) is 4.39 Å². The Morgan fingerprint density at radius 2 is 2.00 bits per heavy atom. The number of aryl methyl sites for hydroxylation is 1. The van der Waals surface area contributed by atoms with Crippen LogP contribution in [0.2, 0.25) is 0 Å². The lowest BCUT2D eigenvalue weighted by atomic mass is 10.1. The smallest absolute Gasteiger partial charge is 0.255 e. The molecule has 0 aliphatic carbocycles. The number of phenols is 1. The van der Waals surface area contributed by atoms with E-state index < -0.39 is 0 Å². The molecule has 0 unspecified atom stereocenters. The Labute approximate surface area is 123 Å². The van der Waals surface area contributed by atoms with E-state index in [1.165, 1.54) is 24.3 Å². The van der Waals surface area contributed by atoms with Crippen LogP contribution in [0, 0.1) is 16.3 Å². The van der Waals surface area contributed by atoms with Crippen LogP contribution < -0.4 is 5.32 Å². The molecule has 0 spiro atoms. The van der Waals surface area contributed by atoms with Crippen LogP contribution in [0.25, 0.3) is 0 Å². The first-order valence-corrected chi connectivity index (χ1v) is 6.61. The van der Waals surface area contributed by atoms with Gasteiger partial charge in [0.2, 0.25) is 0 Å². The Morgan fingerprint density at radius 1 is 1.26 bits per heavy atom. The molecular weight excluding hydrogens is 360 g/mol. The first-order valence-electron chi connectivity index (χ1n) is 5.53. The molecule has 1 amide bonds. The highest BCUT2D eigenvalue weighted by Gasteiger charge is 2.10. The second-order valence-electron chi connectivity index (χ2n) is 4.08. The van der Waals surface area contributed by atoms with E-state index in [0.29, 0.717) is 20.4 Å². The molecule has 0 aliphatic heterocycles. The van der Waals surface area contributed by atoms with Crippen molar-refractivity contribution in [3.63, 3.8) is 0 Å². The fourth-order valence-electron chi connectivity index (χ4n) is 1.62. The van der Waals surface area contributed by atoms with Gasteiger partial charge in [0.15, 0.2) is 0 Å². The minimum absolute atomic E-state index is 0.0593. The summed E-state index contributed by atoms with van der Waals surface area (Å²) in [6.45, 7) is 1.71. The minimum Gasteiger partial charge on any atom is -0.507 e. The molecule has 2 aromatic carbocycles. The molecule has 2 aromatic rings. The van der Waals surface area contributed by atoms with E-state index in [4.69, 9.17) is 0 Å². The summed E-state index contributed by atoms with van der Waals surface area (Å²) in [6, 6.07) is 8.82. The number of hydrogen-bond donors (Lipinski definition) is 2. The lowest BCUT2D eigenvalue weighted by Gasteiger charge is -2.09. The fourth-order valence-corrected chi connectivity index (χ4v) is 1.95. The fraction of sp³-hybridized carbons (Fsp3) is 0.0714. The molecule has 0 bridgehead atoms. The largest absolute Gasteiger partial charge is 0.507 e. The number of aromatic hydroxyl groups is 1. The lowest BCUT2D eigenvalue weighted by Crippen LogP contribution is -2.12. The van der Waals surface area contributed by atoms with Crippen molar-refractivity contribution in [3.8, 4) is 5.75 Å². The zero-order valence-electron chi connectivity index (χ0n) is 10.1. The maximum atomic E-state index is 13.0. The summed E-state index contributed by atoms with van der Waals surface area (Å²) < 4.78 is 13.6. The van der Waals surface area contributed by atoms with Crippen LogP contribution in [0.3, 0.4) is 0 Å². The number of phenolic OH excluding ortho intramolecular Hbond substituents is 1. The topological polar surface area (TPSA) is 49.3 Å². The quantitative estimate of drug-likeness (QED) is 0.792. The average Bonchev–Trinajstić information content (AvgIpc) is 2.36. The maximum Gasteiger partial charge on any atom is 0.255 e. The summed E-state index contributed by atoms with van der Waals surface area (Å²) in [6.07, 6.45) is 0. The van der Waals surface area contributed by atoms with Crippen molar-refractivity contribution in [2.24, 2.45) is 0 Å². The van der Waals surface area contributed by atoms with Crippen molar-refractivity contribution in [2.75, 3.05) is 5.32 Å². The monoisotopic (exact) mass is 371 g/mol. The molecule has 19 heavy (non-hydrogen) atoms. The van der Waals surface area contributed by atoms with E-state index in [0.717, 1.165) is 0 Å². The van der Waals surface area contributed by atoms with Crippen molar-refractivity contribution in [1.82, 2.24) is 0 Å². The van der Waals surface area contributed by atoms with E-state index in [-0.39, 0.29) is 17.5 Å². The first-order chi connectivity index (χ1) is 8.97. The molecule has 2 N–H and O–H groups in total. The van der Waals surface area contributed by atoms with Crippen LogP contribution in [-0.4, -0.2) is 11.0 Å². The van der Waals surface area contributed by atoms with Gasteiger partial charge in [-0.3, -0.25) is 4.79 Å². The van der Waals surface area contributed by atoms with Crippen LogP contribution in [0.4, 0.5) is 10.1 Å². The molecule has 0 fully saturated rings. The van der Waals surface area contributed by atoms with E-state index in [2.05, 4.69) is 5.32 Å². The van der Waals surface area contributed by atoms with Crippen LogP contribution in [0.5, 0.6) is 5.75 Å². The molecule has 0 radical (unpaired) electrons. The zero-order valence-corrected chi connectivity index (χ0v) is 12.2. The van der Waals surface area contributed by atoms with Gasteiger partial charge in [0.25, 0.3) is 5.91 Å². The van der Waals surface area contributed by atoms with E-state index in [1.807, 2.05) is 22.6 Å². The summed E-state index contributed by atoms with van der Waals surface area (Å²) >= 11 is 1.97. The first kappa shape index (κ1) is 13.8. The highest BCUT2D eigenvalue weighted by Crippen LogP contribution is 2.22. The number of nitrogens with one attached hydrogen (secondary N) is 1. The molecule has 0 aliphatic rings. The predicted octanol–water partition coefficient (Wildman–Crippen LogP) is 3.70. The van der Waals surface area contributed by atoms with E-state index in [1.54, 1.807) is 19.1 Å². The van der Waals surface area contributed by atoms with Gasteiger partial charge in [0.05, 0.1) is 3.57 Å². The molecule has 0 heterocycles. The highest BCUT2D eigenvalue weighted by atomic mass is 127. The standard InChI is InChI=1S/C14H11FINO2/c1-8-6-10(15)3-5-12(8)17-14(19)9-2-4-11(16)13(18)7-9/h2-7,18H,1H3,(H,17,19). The summed E-state index contributed by atoms with van der Waals surface area (Å²) in [4.78, 5) is 12.0. The number of benzene rings is 2. The summed E-state index contributed by atoms with van der Waals surface area (Å²) in [5.41, 5.74) is 1.54. The Bertz CT molecular complexity index is 643. The summed E-state index contributed by atoms with van der Waals surface area (Å²) in [5.74, 6) is -0.632. The van der Waals surface area contributed by atoms with Crippen molar-refractivity contribution in [1.29, 1.82) is 0 Å². The van der Waals surface area contributed by atoms with Gasteiger partial charge < -0.3 is 10.4 Å². The van der Waals surface area contributed by atoms with Gasteiger partial charge >= 0.3 is 0 Å². The van der Waals surface area contributed by atoms with E-state index in [9.17, 15) is 14.3 Å². The van der Waals surface area contributed by atoms with Crippen molar-refractivity contribution >= 4 is 34.2 Å². The third-order valence-electron chi connectivity index (χ3n) is 2.64. The molecular formula is C14H11FINO2. The minimum atomic E-state index is -0.346. The SMILES string of the molecule is Cc1cc(F)ccc1NC(=O)c1ccc(I)c(O)c1. The second kappa shape index (κ2) is 5.56. The number of anilines is 1. The van der Waals surface area contributed by atoms with Gasteiger partial charge in [0, 0.05) is 11.3 Å². The van der Waals surface area contributed by atoms with Crippen LogP contribution in [0.1, 0.15) is 15.9 Å². The second-order valence-corrected chi connectivity index (χ2v) is 5.24. The number of carbonyl (C=O) groups excluding carboxylic acids is 1. The van der Waals surface area contributed by atoms with Gasteiger partial charge in [0.1, 0.15) is 11.6 Å². The van der Waals surface area contributed by atoms with Gasteiger partial charge in [-0.1, -0.05) is 0 Å². The molecule has 0 aromatic heterocycles. The Kier molecular flexibility index (Phi) is 4.04. The van der Waals surface area contributed by atoms with E-state index >= 15 is 0 Å². The summed E-state index contributed by atoms with van der Waals surface area (Å²) in [7, 11) is 0. The summed E-state index contributed by atoms with van der Waals surface area (Å²) in [5, 5.41) is 12.3. The van der Waals surface area contributed by atoms with Crippen molar-refractivity contribution < 1.29 is 14.3 Å². The molecule has 5 heteroatoms. The Balaban J connectivity index is 2.23. The molecule has 98 valence electrons. The zero-order chi connectivity index (χ0) is 14.0.